The molecule has 4 nitrogen and oxygen atoms in total. The van der Waals surface area contributed by atoms with Crippen molar-refractivity contribution in [2.45, 2.75) is 19.0 Å². The molecule has 1 aliphatic rings. The Bertz CT molecular complexity index is 690. The summed E-state index contributed by atoms with van der Waals surface area (Å²) in [6.45, 7) is 1.39. The van der Waals surface area contributed by atoms with Crippen molar-refractivity contribution in [1.82, 2.24) is 0 Å². The fourth-order valence-electron chi connectivity index (χ4n) is 2.11. The van der Waals surface area contributed by atoms with E-state index in [4.69, 9.17) is 0 Å². The molecule has 1 atom stereocenters. The Kier molecular flexibility index (Phi) is 4.16. The molecular formula is C15H12F3NO3. The van der Waals surface area contributed by atoms with Crippen molar-refractivity contribution in [1.29, 1.82) is 0 Å². The fourth-order valence-corrected chi connectivity index (χ4v) is 2.11. The highest BCUT2D eigenvalue weighted by Gasteiger charge is 2.33. The van der Waals surface area contributed by atoms with E-state index in [1.54, 1.807) is 0 Å². The van der Waals surface area contributed by atoms with Crippen LogP contribution in [0.15, 0.2) is 40.5 Å². The number of hydrogen-bond donors (Lipinski definition) is 0. The van der Waals surface area contributed by atoms with Gasteiger partial charge < -0.3 is 4.74 Å². The smallest absolute Gasteiger partial charge is 0.416 e. The number of ketones is 1. The van der Waals surface area contributed by atoms with Crippen LogP contribution in [0.1, 0.15) is 24.0 Å². The molecule has 1 aromatic rings. The van der Waals surface area contributed by atoms with Crippen LogP contribution < -0.4 is 0 Å². The third-order valence-corrected chi connectivity index (χ3v) is 3.31. The first-order valence-corrected chi connectivity index (χ1v) is 6.30. The zero-order valence-electron chi connectivity index (χ0n) is 11.8. The normalized spacial score (nSPS) is 18.6. The first-order valence-electron chi connectivity index (χ1n) is 6.30. The Balaban J connectivity index is 2.38. The highest BCUT2D eigenvalue weighted by molar-refractivity contribution is 6.16. The number of Topliss-reactive ketones (excluding diaryl/α,β-unsaturated/α-hetero) is 1. The maximum Gasteiger partial charge on any atom is 0.416 e. The van der Waals surface area contributed by atoms with E-state index in [2.05, 4.69) is 9.73 Å². The Morgan fingerprint density at radius 1 is 1.32 bits per heavy atom. The van der Waals surface area contributed by atoms with E-state index in [0.717, 1.165) is 25.5 Å². The van der Waals surface area contributed by atoms with Crippen LogP contribution in [0, 0.1) is 0 Å². The van der Waals surface area contributed by atoms with Crippen LogP contribution in [-0.2, 0) is 20.5 Å². The average Bonchev–Trinajstić information content (AvgIpc) is 2.48. The van der Waals surface area contributed by atoms with Crippen molar-refractivity contribution in [2.75, 3.05) is 7.11 Å². The minimum Gasteiger partial charge on any atom is -0.464 e. The molecule has 0 amide bonds. The number of hydrogen-bond acceptors (Lipinski definition) is 4. The summed E-state index contributed by atoms with van der Waals surface area (Å²) in [6.07, 6.45) is -3.33. The van der Waals surface area contributed by atoms with Crippen LogP contribution >= 0.6 is 0 Å². The van der Waals surface area contributed by atoms with Gasteiger partial charge in [-0.1, -0.05) is 18.2 Å². The largest absolute Gasteiger partial charge is 0.464 e. The number of halogens is 3. The fraction of sp³-hybridized carbons (Fsp3) is 0.267. The van der Waals surface area contributed by atoms with Gasteiger partial charge in [-0.3, -0.25) is 9.79 Å². The van der Waals surface area contributed by atoms with Gasteiger partial charge in [-0.15, -0.1) is 0 Å². The lowest BCUT2D eigenvalue weighted by Crippen LogP contribution is -2.23. The molecule has 1 aromatic carbocycles. The summed E-state index contributed by atoms with van der Waals surface area (Å²) >= 11 is 0. The summed E-state index contributed by atoms with van der Waals surface area (Å²) in [7, 11) is 1.15. The monoisotopic (exact) mass is 311 g/mol. The van der Waals surface area contributed by atoms with E-state index >= 15 is 0 Å². The number of esters is 1. The molecule has 1 heterocycles. The Morgan fingerprint density at radius 2 is 2.00 bits per heavy atom. The highest BCUT2D eigenvalue weighted by atomic mass is 19.4. The van der Waals surface area contributed by atoms with Gasteiger partial charge in [0.15, 0.2) is 11.5 Å². The summed E-state index contributed by atoms with van der Waals surface area (Å²) in [5, 5.41) is 0. The van der Waals surface area contributed by atoms with Crippen LogP contribution in [0.4, 0.5) is 13.2 Å². The van der Waals surface area contributed by atoms with E-state index in [-0.39, 0.29) is 16.8 Å². The van der Waals surface area contributed by atoms with Gasteiger partial charge in [0, 0.05) is 11.8 Å². The van der Waals surface area contributed by atoms with E-state index in [1.165, 1.54) is 19.1 Å². The van der Waals surface area contributed by atoms with Gasteiger partial charge in [0.1, 0.15) is 0 Å². The van der Waals surface area contributed by atoms with Crippen molar-refractivity contribution < 1.29 is 27.5 Å². The molecular weight excluding hydrogens is 299 g/mol. The summed E-state index contributed by atoms with van der Waals surface area (Å²) in [4.78, 5) is 27.6. The summed E-state index contributed by atoms with van der Waals surface area (Å²) in [5.74, 6) is -2.19. The van der Waals surface area contributed by atoms with Crippen molar-refractivity contribution in [2.24, 2.45) is 4.99 Å². The van der Waals surface area contributed by atoms with Gasteiger partial charge in [0.25, 0.3) is 0 Å². The van der Waals surface area contributed by atoms with Crippen LogP contribution in [-0.4, -0.2) is 25.1 Å². The highest BCUT2D eigenvalue weighted by Crippen LogP contribution is 2.32. The molecule has 0 aliphatic carbocycles. The van der Waals surface area contributed by atoms with Crippen LogP contribution in [0.5, 0.6) is 0 Å². The number of carbonyl (C=O) groups is 2. The second kappa shape index (κ2) is 5.75. The van der Waals surface area contributed by atoms with Crippen molar-refractivity contribution in [3.63, 3.8) is 0 Å². The zero-order chi connectivity index (χ0) is 16.5. The molecule has 0 radical (unpaired) electrons. The molecule has 0 saturated carbocycles. The van der Waals surface area contributed by atoms with Gasteiger partial charge in [0.05, 0.1) is 18.6 Å². The summed E-state index contributed by atoms with van der Waals surface area (Å²) in [5.41, 5.74) is -0.731. The predicted octanol–water partition coefficient (Wildman–Crippen LogP) is 2.89. The third kappa shape index (κ3) is 2.93. The Labute approximate surface area is 124 Å². The van der Waals surface area contributed by atoms with Gasteiger partial charge in [-0.05, 0) is 18.6 Å². The lowest BCUT2D eigenvalue weighted by atomic mass is 9.88. The average molecular weight is 311 g/mol. The molecule has 0 fully saturated rings. The lowest BCUT2D eigenvalue weighted by molar-refractivity contribution is -0.138. The van der Waals surface area contributed by atoms with Gasteiger partial charge in [0.2, 0.25) is 0 Å². The van der Waals surface area contributed by atoms with Gasteiger partial charge in [-0.2, -0.15) is 13.2 Å². The number of allylic oxidation sites excluding steroid dienone is 1. The standard InChI is InChI=1S/C15H12F3NO3/c1-8-12(14(21)22-2)19-7-11(13(8)20)9-4-3-5-10(6-9)15(16,17)18/h3-7,11H,1-2H3. The van der Waals surface area contributed by atoms with Crippen molar-refractivity contribution >= 4 is 18.0 Å². The molecule has 0 saturated heterocycles. The second-order valence-electron chi connectivity index (χ2n) is 4.71. The van der Waals surface area contributed by atoms with Crippen molar-refractivity contribution in [3.05, 3.63) is 46.7 Å². The van der Waals surface area contributed by atoms with Gasteiger partial charge in [-0.25, -0.2) is 4.79 Å². The maximum atomic E-state index is 12.7. The molecule has 0 bridgehead atoms. The number of carbonyl (C=O) groups excluding carboxylic acids is 2. The molecule has 7 heteroatoms. The molecule has 1 unspecified atom stereocenters. The number of benzene rings is 1. The van der Waals surface area contributed by atoms with Crippen LogP contribution in [0.3, 0.4) is 0 Å². The van der Waals surface area contributed by atoms with E-state index in [0.29, 0.717) is 0 Å². The number of nitrogens with zero attached hydrogens (tertiary/aromatic N) is 1. The Morgan fingerprint density at radius 3 is 2.59 bits per heavy atom. The SMILES string of the molecule is COC(=O)C1=C(C)C(=O)C(c2cccc(C(F)(F)F)c2)C=N1. The minimum absolute atomic E-state index is 0.0664. The summed E-state index contributed by atoms with van der Waals surface area (Å²) < 4.78 is 42.7. The number of methoxy groups -OCH3 is 1. The summed E-state index contributed by atoms with van der Waals surface area (Å²) in [6, 6.07) is 4.48. The second-order valence-corrected chi connectivity index (χ2v) is 4.71. The molecule has 1 aliphatic heterocycles. The minimum atomic E-state index is -4.49. The van der Waals surface area contributed by atoms with Crippen molar-refractivity contribution in [3.8, 4) is 0 Å². The first kappa shape index (κ1) is 15.9. The zero-order valence-corrected chi connectivity index (χ0v) is 11.8. The quantitative estimate of drug-likeness (QED) is 0.789. The molecule has 0 N–H and O–H groups in total. The third-order valence-electron chi connectivity index (χ3n) is 3.31. The van der Waals surface area contributed by atoms with E-state index in [9.17, 15) is 22.8 Å². The number of rotatable bonds is 2. The number of aliphatic imine (C=N–C) groups is 1. The number of alkyl halides is 3. The molecule has 0 spiro atoms. The molecule has 116 valence electrons. The van der Waals surface area contributed by atoms with Crippen LogP contribution in [0.2, 0.25) is 0 Å². The molecule has 0 aromatic heterocycles. The van der Waals surface area contributed by atoms with E-state index < -0.39 is 29.4 Å². The Hall–Kier alpha value is -2.44. The topological polar surface area (TPSA) is 55.7 Å². The lowest BCUT2D eigenvalue weighted by Gasteiger charge is -2.18. The first-order chi connectivity index (χ1) is 10.3. The number of ether oxygens (including phenoxy) is 1. The maximum absolute atomic E-state index is 12.7. The van der Waals surface area contributed by atoms with Crippen LogP contribution in [0.25, 0.3) is 0 Å². The van der Waals surface area contributed by atoms with E-state index in [1.807, 2.05) is 0 Å². The van der Waals surface area contributed by atoms with Gasteiger partial charge >= 0.3 is 12.1 Å². The molecule has 2 rings (SSSR count). The molecule has 22 heavy (non-hydrogen) atoms. The predicted molar refractivity (Wildman–Crippen MR) is 72.4 cm³/mol.